The Morgan fingerprint density at radius 1 is 1.19 bits per heavy atom. The molecule has 0 atom stereocenters. The Morgan fingerprint density at radius 3 is 2.87 bits per heavy atom. The van der Waals surface area contributed by atoms with Crippen molar-refractivity contribution in [1.82, 2.24) is 24.3 Å². The molecule has 1 aliphatic heterocycles. The first-order chi connectivity index (χ1) is 15.0. The van der Waals surface area contributed by atoms with Crippen molar-refractivity contribution in [3.05, 3.63) is 62.8 Å². The number of aryl methyl sites for hydroxylation is 3. The predicted octanol–water partition coefficient (Wildman–Crippen LogP) is 3.63. The molecular weight excluding hydrogens is 412 g/mol. The van der Waals surface area contributed by atoms with Gasteiger partial charge in [-0.05, 0) is 44.4 Å². The lowest BCUT2D eigenvalue weighted by Crippen LogP contribution is -2.24. The van der Waals surface area contributed by atoms with Gasteiger partial charge in [0.1, 0.15) is 16.5 Å². The molecule has 0 spiro atoms. The quantitative estimate of drug-likeness (QED) is 0.531. The summed E-state index contributed by atoms with van der Waals surface area (Å²) >= 11 is 1.27. The number of thiophene rings is 1. The minimum absolute atomic E-state index is 0.0379. The highest BCUT2D eigenvalue weighted by molar-refractivity contribution is 7.20. The highest BCUT2D eigenvalue weighted by Gasteiger charge is 2.23. The van der Waals surface area contributed by atoms with Gasteiger partial charge in [-0.15, -0.1) is 11.3 Å². The molecule has 31 heavy (non-hydrogen) atoms. The van der Waals surface area contributed by atoms with Crippen LogP contribution in [0.15, 0.2) is 35.3 Å². The van der Waals surface area contributed by atoms with Crippen LogP contribution >= 0.6 is 11.3 Å². The lowest BCUT2D eigenvalue weighted by atomic mass is 10.2. The second-order valence-electron chi connectivity index (χ2n) is 7.76. The van der Waals surface area contributed by atoms with Crippen molar-refractivity contribution in [2.75, 3.05) is 5.32 Å². The number of hydrogen-bond donors (Lipinski definition) is 1. The van der Waals surface area contributed by atoms with Crippen LogP contribution in [0.4, 0.5) is 5.82 Å². The Bertz CT molecular complexity index is 1350. The van der Waals surface area contributed by atoms with Gasteiger partial charge in [0.2, 0.25) is 0 Å². The summed E-state index contributed by atoms with van der Waals surface area (Å²) in [7, 11) is 0. The van der Waals surface area contributed by atoms with E-state index in [1.165, 1.54) is 11.3 Å². The molecule has 0 saturated heterocycles. The van der Waals surface area contributed by atoms with Crippen molar-refractivity contribution in [1.29, 1.82) is 0 Å². The highest BCUT2D eigenvalue weighted by Crippen LogP contribution is 2.29. The number of nitrogens with zero attached hydrogens (tertiary/aromatic N) is 5. The monoisotopic (exact) mass is 434 g/mol. The molecular formula is C22H22N6O2S. The minimum Gasteiger partial charge on any atom is -0.306 e. The third-order valence-electron chi connectivity index (χ3n) is 5.56. The standard InChI is InChI=1S/C22H22N6O2S/c1-13-12-17(28(26-13)15-8-5-6-10-23-15)24-20(29)19-14(2)18-21(31-19)25-16-9-4-3-7-11-27(16)22(18)30/h5-6,8,10,12H,3-4,7,9,11H2,1-2H3,(H,24,29). The number of carbonyl (C=O) groups excluding carboxylic acids is 1. The largest absolute Gasteiger partial charge is 0.306 e. The van der Waals surface area contributed by atoms with Gasteiger partial charge in [0.25, 0.3) is 11.5 Å². The third kappa shape index (κ3) is 3.44. The molecule has 8 nitrogen and oxygen atoms in total. The molecule has 5 rings (SSSR count). The Labute approximate surface area is 182 Å². The smallest absolute Gasteiger partial charge is 0.267 e. The molecule has 0 fully saturated rings. The van der Waals surface area contributed by atoms with Gasteiger partial charge in [0.15, 0.2) is 5.82 Å². The zero-order chi connectivity index (χ0) is 21.5. The van der Waals surface area contributed by atoms with Gasteiger partial charge >= 0.3 is 0 Å². The molecule has 0 unspecified atom stereocenters. The second kappa shape index (κ2) is 7.73. The number of anilines is 1. The van der Waals surface area contributed by atoms with Crippen LogP contribution in [0.25, 0.3) is 16.0 Å². The molecule has 1 N–H and O–H groups in total. The molecule has 4 aromatic rings. The van der Waals surface area contributed by atoms with E-state index in [-0.39, 0.29) is 11.5 Å². The summed E-state index contributed by atoms with van der Waals surface area (Å²) in [5, 5.41) is 7.94. The Balaban J connectivity index is 1.54. The summed E-state index contributed by atoms with van der Waals surface area (Å²) < 4.78 is 3.39. The average molecular weight is 435 g/mol. The third-order valence-corrected chi connectivity index (χ3v) is 6.74. The molecule has 5 heterocycles. The lowest BCUT2D eigenvalue weighted by molar-refractivity contribution is 0.102. The molecule has 0 aromatic carbocycles. The first kappa shape index (κ1) is 19.6. The zero-order valence-corrected chi connectivity index (χ0v) is 18.2. The van der Waals surface area contributed by atoms with Crippen LogP contribution in [0.3, 0.4) is 0 Å². The van der Waals surface area contributed by atoms with Crippen LogP contribution in [0, 0.1) is 13.8 Å². The number of nitrogens with one attached hydrogen (secondary N) is 1. The molecule has 1 amide bonds. The summed E-state index contributed by atoms with van der Waals surface area (Å²) in [5.41, 5.74) is 1.40. The van der Waals surface area contributed by atoms with E-state index in [0.717, 1.165) is 37.2 Å². The van der Waals surface area contributed by atoms with E-state index in [4.69, 9.17) is 4.98 Å². The number of fused-ring (bicyclic) bond motifs is 2. The fourth-order valence-electron chi connectivity index (χ4n) is 4.04. The molecule has 0 aliphatic carbocycles. The normalized spacial score (nSPS) is 13.7. The summed E-state index contributed by atoms with van der Waals surface area (Å²) in [6.45, 7) is 4.37. The van der Waals surface area contributed by atoms with Crippen molar-refractivity contribution < 1.29 is 4.79 Å². The van der Waals surface area contributed by atoms with Crippen LogP contribution < -0.4 is 10.9 Å². The van der Waals surface area contributed by atoms with Crippen LogP contribution in [-0.2, 0) is 13.0 Å². The maximum Gasteiger partial charge on any atom is 0.267 e. The fraction of sp³-hybridized carbons (Fsp3) is 0.318. The van der Waals surface area contributed by atoms with Gasteiger partial charge in [-0.1, -0.05) is 12.5 Å². The van der Waals surface area contributed by atoms with Gasteiger partial charge in [-0.25, -0.2) is 9.97 Å². The van der Waals surface area contributed by atoms with E-state index in [0.29, 0.717) is 38.8 Å². The fourth-order valence-corrected chi connectivity index (χ4v) is 5.13. The van der Waals surface area contributed by atoms with Gasteiger partial charge in [0.05, 0.1) is 16.0 Å². The van der Waals surface area contributed by atoms with E-state index in [9.17, 15) is 9.59 Å². The SMILES string of the molecule is Cc1cc(NC(=O)c2sc3nc4n(c(=O)c3c2C)CCCCC4)n(-c2ccccn2)n1. The number of hydrogen-bond acceptors (Lipinski definition) is 6. The molecule has 0 bridgehead atoms. The molecule has 0 radical (unpaired) electrons. The van der Waals surface area contributed by atoms with Crippen LogP contribution in [0.2, 0.25) is 0 Å². The van der Waals surface area contributed by atoms with E-state index >= 15 is 0 Å². The Morgan fingerprint density at radius 2 is 2.06 bits per heavy atom. The first-order valence-electron chi connectivity index (χ1n) is 10.3. The van der Waals surface area contributed by atoms with E-state index in [1.54, 1.807) is 21.5 Å². The van der Waals surface area contributed by atoms with Crippen molar-refractivity contribution in [2.45, 2.75) is 46.1 Å². The van der Waals surface area contributed by atoms with Crippen molar-refractivity contribution in [3.63, 3.8) is 0 Å². The summed E-state index contributed by atoms with van der Waals surface area (Å²) in [6.07, 6.45) is 5.59. The maximum absolute atomic E-state index is 13.2. The topological polar surface area (TPSA) is 94.7 Å². The number of amides is 1. The molecule has 9 heteroatoms. The van der Waals surface area contributed by atoms with Crippen LogP contribution in [0.5, 0.6) is 0 Å². The predicted molar refractivity (Wildman–Crippen MR) is 120 cm³/mol. The summed E-state index contributed by atoms with van der Waals surface area (Å²) in [6, 6.07) is 7.31. The number of rotatable bonds is 3. The van der Waals surface area contributed by atoms with Gasteiger partial charge < -0.3 is 5.32 Å². The average Bonchev–Trinajstić information content (AvgIpc) is 3.18. The number of pyridine rings is 1. The Hall–Kier alpha value is -3.33. The van der Waals surface area contributed by atoms with Gasteiger partial charge in [0, 0.05) is 25.2 Å². The van der Waals surface area contributed by atoms with Crippen molar-refractivity contribution in [3.8, 4) is 5.82 Å². The van der Waals surface area contributed by atoms with Crippen LogP contribution in [0.1, 0.15) is 46.0 Å². The zero-order valence-electron chi connectivity index (χ0n) is 17.4. The Kier molecular flexibility index (Phi) is 4.90. The minimum atomic E-state index is -0.280. The number of carbonyl (C=O) groups is 1. The molecule has 1 aliphatic rings. The molecule has 0 saturated carbocycles. The molecule has 4 aromatic heterocycles. The van der Waals surface area contributed by atoms with Crippen molar-refractivity contribution in [2.24, 2.45) is 0 Å². The summed E-state index contributed by atoms with van der Waals surface area (Å²) in [5.74, 6) is 1.69. The lowest BCUT2D eigenvalue weighted by Gasteiger charge is -2.08. The maximum atomic E-state index is 13.2. The summed E-state index contributed by atoms with van der Waals surface area (Å²) in [4.78, 5) is 36.5. The van der Waals surface area contributed by atoms with Gasteiger partial charge in [-0.2, -0.15) is 9.78 Å². The van der Waals surface area contributed by atoms with Gasteiger partial charge in [-0.3, -0.25) is 14.2 Å². The highest BCUT2D eigenvalue weighted by atomic mass is 32.1. The van der Waals surface area contributed by atoms with Crippen molar-refractivity contribution >= 4 is 33.3 Å². The van der Waals surface area contributed by atoms with E-state index in [2.05, 4.69) is 15.4 Å². The van der Waals surface area contributed by atoms with E-state index < -0.39 is 0 Å². The second-order valence-corrected chi connectivity index (χ2v) is 8.76. The number of aromatic nitrogens is 5. The molecule has 158 valence electrons. The first-order valence-corrected chi connectivity index (χ1v) is 11.2. The van der Waals surface area contributed by atoms with E-state index in [1.807, 2.05) is 32.0 Å². The van der Waals surface area contributed by atoms with Crippen LogP contribution in [-0.4, -0.2) is 30.2 Å².